The molecule has 0 radical (unpaired) electrons. The van der Waals surface area contributed by atoms with Crippen LogP contribution in [0.4, 0.5) is 0 Å². The van der Waals surface area contributed by atoms with E-state index in [9.17, 15) is 0 Å². The lowest BCUT2D eigenvalue weighted by Gasteiger charge is -2.07. The first-order chi connectivity index (χ1) is 7.36. The number of hydrogen-bond donors (Lipinski definition) is 1. The van der Waals surface area contributed by atoms with E-state index >= 15 is 0 Å². The fraction of sp³-hybridized carbons (Fsp3) is 0.455. The van der Waals surface area contributed by atoms with Crippen molar-refractivity contribution < 1.29 is 14.2 Å². The van der Waals surface area contributed by atoms with Crippen molar-refractivity contribution in [1.82, 2.24) is 0 Å². The second-order valence-corrected chi connectivity index (χ2v) is 2.93. The van der Waals surface area contributed by atoms with Gasteiger partial charge in [-0.2, -0.15) is 0 Å². The van der Waals surface area contributed by atoms with Crippen molar-refractivity contribution in [3.8, 4) is 11.5 Å². The van der Waals surface area contributed by atoms with Gasteiger partial charge in [0, 0.05) is 6.54 Å². The van der Waals surface area contributed by atoms with Crippen molar-refractivity contribution in [1.29, 1.82) is 0 Å². The largest absolute Gasteiger partial charge is 0.497 e. The van der Waals surface area contributed by atoms with E-state index in [0.29, 0.717) is 26.4 Å². The Labute approximate surface area is 89.9 Å². The van der Waals surface area contributed by atoms with Crippen LogP contribution < -0.4 is 15.2 Å². The topological polar surface area (TPSA) is 53.7 Å². The van der Waals surface area contributed by atoms with Crippen LogP contribution in [-0.4, -0.2) is 33.5 Å². The zero-order valence-corrected chi connectivity index (χ0v) is 8.94. The number of nitrogens with two attached hydrogens (primary N) is 1. The second kappa shape index (κ2) is 7.09. The highest BCUT2D eigenvalue weighted by atomic mass is 16.5. The Kier molecular flexibility index (Phi) is 5.58. The molecule has 0 spiro atoms. The maximum absolute atomic E-state index is 5.43. The zero-order valence-electron chi connectivity index (χ0n) is 8.94. The van der Waals surface area contributed by atoms with Crippen LogP contribution in [-0.2, 0) is 4.74 Å². The Balaban J connectivity index is 2.20. The van der Waals surface area contributed by atoms with Gasteiger partial charge in [0.15, 0.2) is 0 Å². The fourth-order valence-corrected chi connectivity index (χ4v) is 1.08. The maximum Gasteiger partial charge on any atom is 0.119 e. The lowest BCUT2D eigenvalue weighted by atomic mass is 10.3. The summed E-state index contributed by atoms with van der Waals surface area (Å²) in [6.07, 6.45) is 0. The van der Waals surface area contributed by atoms with Gasteiger partial charge in [-0.3, -0.25) is 0 Å². The Morgan fingerprint density at radius 3 is 2.27 bits per heavy atom. The van der Waals surface area contributed by atoms with Crippen LogP contribution in [0.1, 0.15) is 0 Å². The smallest absolute Gasteiger partial charge is 0.119 e. The van der Waals surface area contributed by atoms with Crippen molar-refractivity contribution in [3.05, 3.63) is 24.3 Å². The number of ether oxygens (including phenoxy) is 3. The van der Waals surface area contributed by atoms with Crippen LogP contribution in [0.25, 0.3) is 0 Å². The Morgan fingerprint density at radius 1 is 1.00 bits per heavy atom. The third-order valence-electron chi connectivity index (χ3n) is 1.82. The van der Waals surface area contributed by atoms with Crippen LogP contribution in [0, 0.1) is 0 Å². The molecule has 1 aromatic rings. The third-order valence-corrected chi connectivity index (χ3v) is 1.82. The van der Waals surface area contributed by atoms with E-state index in [1.165, 1.54) is 0 Å². The Hall–Kier alpha value is -1.26. The van der Waals surface area contributed by atoms with E-state index in [-0.39, 0.29) is 0 Å². The summed E-state index contributed by atoms with van der Waals surface area (Å²) in [5.41, 5.74) is 5.27. The van der Waals surface area contributed by atoms with Crippen LogP contribution in [0.15, 0.2) is 24.3 Å². The van der Waals surface area contributed by atoms with Crippen molar-refractivity contribution in [2.24, 2.45) is 5.73 Å². The molecule has 2 N–H and O–H groups in total. The number of methoxy groups -OCH3 is 1. The van der Waals surface area contributed by atoms with Gasteiger partial charge in [0.25, 0.3) is 0 Å². The molecule has 1 rings (SSSR count). The van der Waals surface area contributed by atoms with Crippen LogP contribution >= 0.6 is 0 Å². The van der Waals surface area contributed by atoms with Crippen LogP contribution in [0.5, 0.6) is 11.5 Å². The molecule has 15 heavy (non-hydrogen) atoms. The summed E-state index contributed by atoms with van der Waals surface area (Å²) in [4.78, 5) is 0. The highest BCUT2D eigenvalue weighted by Gasteiger charge is 1.94. The fourth-order valence-electron chi connectivity index (χ4n) is 1.08. The molecular formula is C11H17NO3. The van der Waals surface area contributed by atoms with Gasteiger partial charge in [-0.05, 0) is 24.3 Å². The number of rotatable bonds is 7. The van der Waals surface area contributed by atoms with E-state index in [4.69, 9.17) is 19.9 Å². The normalized spacial score (nSPS) is 10.0. The van der Waals surface area contributed by atoms with Gasteiger partial charge in [0.05, 0.1) is 20.3 Å². The first-order valence-electron chi connectivity index (χ1n) is 4.91. The van der Waals surface area contributed by atoms with Gasteiger partial charge in [0.1, 0.15) is 18.1 Å². The quantitative estimate of drug-likeness (QED) is 0.685. The molecule has 84 valence electrons. The summed E-state index contributed by atoms with van der Waals surface area (Å²) in [6, 6.07) is 7.44. The van der Waals surface area contributed by atoms with Crippen molar-refractivity contribution >= 4 is 0 Å². The van der Waals surface area contributed by atoms with Gasteiger partial charge in [0.2, 0.25) is 0 Å². The van der Waals surface area contributed by atoms with Gasteiger partial charge in [-0.25, -0.2) is 0 Å². The predicted molar refractivity (Wildman–Crippen MR) is 58.4 cm³/mol. The summed E-state index contributed by atoms with van der Waals surface area (Å²) < 4.78 is 15.6. The Morgan fingerprint density at radius 2 is 1.67 bits per heavy atom. The molecule has 0 aliphatic carbocycles. The molecule has 4 heteroatoms. The lowest BCUT2D eigenvalue weighted by Crippen LogP contribution is -2.13. The van der Waals surface area contributed by atoms with Gasteiger partial charge < -0.3 is 19.9 Å². The minimum Gasteiger partial charge on any atom is -0.497 e. The molecule has 0 aliphatic rings. The molecule has 0 amide bonds. The maximum atomic E-state index is 5.43. The molecule has 0 heterocycles. The number of benzene rings is 1. The monoisotopic (exact) mass is 211 g/mol. The molecule has 0 unspecified atom stereocenters. The average Bonchev–Trinajstić information content (AvgIpc) is 2.30. The van der Waals surface area contributed by atoms with Crippen molar-refractivity contribution in [2.75, 3.05) is 33.5 Å². The average molecular weight is 211 g/mol. The molecule has 0 atom stereocenters. The standard InChI is InChI=1S/C11H17NO3/c1-13-10-2-4-11(5-3-10)15-9-8-14-7-6-12/h2-5H,6-9,12H2,1H3. The molecule has 0 aliphatic heterocycles. The minimum absolute atomic E-state index is 0.534. The molecule has 0 aromatic heterocycles. The highest BCUT2D eigenvalue weighted by molar-refractivity contribution is 5.31. The van der Waals surface area contributed by atoms with Crippen LogP contribution in [0.3, 0.4) is 0 Å². The van der Waals surface area contributed by atoms with E-state index in [1.54, 1.807) is 7.11 Å². The predicted octanol–water partition coefficient (Wildman–Crippen LogP) is 1.05. The molecule has 4 nitrogen and oxygen atoms in total. The number of hydrogen-bond acceptors (Lipinski definition) is 4. The lowest BCUT2D eigenvalue weighted by molar-refractivity contribution is 0.106. The van der Waals surface area contributed by atoms with E-state index in [2.05, 4.69) is 0 Å². The van der Waals surface area contributed by atoms with E-state index < -0.39 is 0 Å². The summed E-state index contributed by atoms with van der Waals surface area (Å²) in [6.45, 7) is 2.21. The summed E-state index contributed by atoms with van der Waals surface area (Å²) in [5, 5.41) is 0. The van der Waals surface area contributed by atoms with Gasteiger partial charge >= 0.3 is 0 Å². The molecule has 0 saturated carbocycles. The van der Waals surface area contributed by atoms with E-state index in [1.807, 2.05) is 24.3 Å². The van der Waals surface area contributed by atoms with E-state index in [0.717, 1.165) is 11.5 Å². The first-order valence-corrected chi connectivity index (χ1v) is 4.91. The van der Waals surface area contributed by atoms with Crippen molar-refractivity contribution in [3.63, 3.8) is 0 Å². The molecular weight excluding hydrogens is 194 g/mol. The minimum atomic E-state index is 0.534. The summed E-state index contributed by atoms with van der Waals surface area (Å²) >= 11 is 0. The van der Waals surface area contributed by atoms with Crippen molar-refractivity contribution in [2.45, 2.75) is 0 Å². The summed E-state index contributed by atoms with van der Waals surface area (Å²) in [7, 11) is 1.64. The molecule has 0 saturated heterocycles. The first kappa shape index (κ1) is 11.8. The molecule has 0 bridgehead atoms. The Bertz CT molecular complexity index is 261. The third kappa shape index (κ3) is 4.67. The SMILES string of the molecule is COc1ccc(OCCOCCN)cc1. The molecule has 1 aromatic carbocycles. The highest BCUT2D eigenvalue weighted by Crippen LogP contribution is 2.16. The van der Waals surface area contributed by atoms with Gasteiger partial charge in [-0.1, -0.05) is 0 Å². The van der Waals surface area contributed by atoms with Gasteiger partial charge in [-0.15, -0.1) is 0 Å². The second-order valence-electron chi connectivity index (χ2n) is 2.93. The zero-order chi connectivity index (χ0) is 10.9. The van der Waals surface area contributed by atoms with Crippen LogP contribution in [0.2, 0.25) is 0 Å². The summed E-state index contributed by atoms with van der Waals surface area (Å²) in [5.74, 6) is 1.63. The molecule has 0 fully saturated rings.